The van der Waals surface area contributed by atoms with Crippen LogP contribution in [0.4, 0.5) is 0 Å². The van der Waals surface area contributed by atoms with Crippen molar-refractivity contribution >= 4 is 0 Å². The Bertz CT molecular complexity index is 698. The van der Waals surface area contributed by atoms with Gasteiger partial charge in [-0.1, -0.05) is 12.1 Å². The summed E-state index contributed by atoms with van der Waals surface area (Å²) < 4.78 is 11.5. The highest BCUT2D eigenvalue weighted by Gasteiger charge is 2.16. The number of aromatic nitrogens is 1. The topological polar surface area (TPSA) is 43.4 Å². The molecule has 2 aliphatic heterocycles. The number of hydrogen-bond acceptors (Lipinski definition) is 4. The van der Waals surface area contributed by atoms with E-state index in [0.717, 1.165) is 56.9 Å². The minimum Gasteiger partial charge on any atom is -0.493 e. The van der Waals surface area contributed by atoms with Gasteiger partial charge in [0.2, 0.25) is 0 Å². The monoisotopic (exact) mass is 324 g/mol. The summed E-state index contributed by atoms with van der Waals surface area (Å²) in [5.74, 6) is 1.94. The summed E-state index contributed by atoms with van der Waals surface area (Å²) in [4.78, 5) is 4.32. The van der Waals surface area contributed by atoms with Crippen molar-refractivity contribution in [1.82, 2.24) is 10.3 Å². The number of ether oxygens (including phenoxy) is 2. The molecule has 0 radical (unpaired) electrons. The van der Waals surface area contributed by atoms with Gasteiger partial charge in [-0.2, -0.15) is 0 Å². The summed E-state index contributed by atoms with van der Waals surface area (Å²) in [7, 11) is 0. The Hall–Kier alpha value is -2.07. The summed E-state index contributed by atoms with van der Waals surface area (Å²) in [5.41, 5.74) is 3.94. The van der Waals surface area contributed by atoms with Gasteiger partial charge in [0.05, 0.1) is 12.8 Å². The maximum absolute atomic E-state index is 5.84. The van der Waals surface area contributed by atoms with Crippen molar-refractivity contribution < 1.29 is 9.47 Å². The van der Waals surface area contributed by atoms with E-state index < -0.39 is 0 Å². The Morgan fingerprint density at radius 3 is 2.96 bits per heavy atom. The number of nitrogens with one attached hydrogen (secondary N) is 1. The molecule has 1 aromatic carbocycles. The van der Waals surface area contributed by atoms with Gasteiger partial charge in [0.25, 0.3) is 0 Å². The van der Waals surface area contributed by atoms with E-state index in [1.165, 1.54) is 23.1 Å². The average Bonchev–Trinajstić information content (AvgIpc) is 2.59. The van der Waals surface area contributed by atoms with Gasteiger partial charge < -0.3 is 14.8 Å². The van der Waals surface area contributed by atoms with Crippen LogP contribution in [-0.4, -0.2) is 30.8 Å². The van der Waals surface area contributed by atoms with Gasteiger partial charge in [-0.25, -0.2) is 0 Å². The van der Waals surface area contributed by atoms with Crippen LogP contribution in [0, 0.1) is 0 Å². The van der Waals surface area contributed by atoms with Gasteiger partial charge >= 0.3 is 0 Å². The number of hydrogen-bond donors (Lipinski definition) is 1. The second kappa shape index (κ2) is 7.22. The SMILES string of the molecule is c1cc2c(cc1CCc1cncc(OC[C@@H]3CCN3)c1)CCCO2. The Balaban J connectivity index is 1.35. The van der Waals surface area contributed by atoms with E-state index in [2.05, 4.69) is 34.6 Å². The summed E-state index contributed by atoms with van der Waals surface area (Å²) in [6, 6.07) is 9.22. The first-order valence-electron chi connectivity index (χ1n) is 8.91. The molecule has 4 rings (SSSR count). The molecule has 1 aromatic heterocycles. The van der Waals surface area contributed by atoms with Crippen molar-refractivity contribution in [1.29, 1.82) is 0 Å². The van der Waals surface area contributed by atoms with E-state index in [1.54, 1.807) is 6.20 Å². The third kappa shape index (κ3) is 3.70. The second-order valence-corrected chi connectivity index (χ2v) is 6.67. The van der Waals surface area contributed by atoms with Crippen molar-refractivity contribution in [2.75, 3.05) is 19.8 Å². The van der Waals surface area contributed by atoms with Gasteiger partial charge in [-0.05, 0) is 67.5 Å². The van der Waals surface area contributed by atoms with E-state index in [1.807, 2.05) is 6.20 Å². The molecule has 0 bridgehead atoms. The van der Waals surface area contributed by atoms with Crippen LogP contribution in [0.15, 0.2) is 36.7 Å². The van der Waals surface area contributed by atoms with Crippen LogP contribution in [0.5, 0.6) is 11.5 Å². The summed E-state index contributed by atoms with van der Waals surface area (Å²) in [6.45, 7) is 2.69. The fraction of sp³-hybridized carbons (Fsp3) is 0.450. The molecule has 3 heterocycles. The first kappa shape index (κ1) is 15.5. The molecule has 1 N–H and O–H groups in total. The molecule has 0 saturated carbocycles. The van der Waals surface area contributed by atoms with E-state index in [9.17, 15) is 0 Å². The molecule has 4 nitrogen and oxygen atoms in total. The number of benzene rings is 1. The minimum atomic E-state index is 0.506. The largest absolute Gasteiger partial charge is 0.493 e. The molecule has 2 aliphatic rings. The first-order chi connectivity index (χ1) is 11.9. The Morgan fingerprint density at radius 1 is 1.17 bits per heavy atom. The van der Waals surface area contributed by atoms with Crippen LogP contribution < -0.4 is 14.8 Å². The van der Waals surface area contributed by atoms with Crippen LogP contribution in [0.2, 0.25) is 0 Å². The molecule has 0 amide bonds. The molecule has 1 atom stereocenters. The standard InChI is InChI=1S/C20H24N2O2/c1-2-17-10-15(5-6-20(17)23-9-1)3-4-16-11-19(13-21-12-16)24-14-18-7-8-22-18/h5-6,10-13,18,22H,1-4,7-9,14H2/t18-/m0/s1. The van der Waals surface area contributed by atoms with Gasteiger partial charge in [0, 0.05) is 12.2 Å². The first-order valence-corrected chi connectivity index (χ1v) is 8.91. The lowest BCUT2D eigenvalue weighted by Crippen LogP contribution is -2.46. The predicted molar refractivity (Wildman–Crippen MR) is 93.8 cm³/mol. The molecule has 0 unspecified atom stereocenters. The minimum absolute atomic E-state index is 0.506. The zero-order valence-corrected chi connectivity index (χ0v) is 14.0. The van der Waals surface area contributed by atoms with E-state index in [-0.39, 0.29) is 0 Å². The number of fused-ring (bicyclic) bond motifs is 1. The van der Waals surface area contributed by atoms with Crippen LogP contribution in [0.3, 0.4) is 0 Å². The van der Waals surface area contributed by atoms with Crippen molar-refractivity contribution in [2.45, 2.75) is 38.1 Å². The van der Waals surface area contributed by atoms with E-state index >= 15 is 0 Å². The van der Waals surface area contributed by atoms with E-state index in [0.29, 0.717) is 6.04 Å². The lowest BCUT2D eigenvalue weighted by molar-refractivity contribution is 0.217. The Kier molecular flexibility index (Phi) is 4.65. The maximum Gasteiger partial charge on any atom is 0.137 e. The molecule has 1 saturated heterocycles. The highest BCUT2D eigenvalue weighted by molar-refractivity contribution is 5.39. The second-order valence-electron chi connectivity index (χ2n) is 6.67. The van der Waals surface area contributed by atoms with Gasteiger partial charge in [-0.15, -0.1) is 0 Å². The highest BCUT2D eigenvalue weighted by atomic mass is 16.5. The zero-order chi connectivity index (χ0) is 16.2. The average molecular weight is 324 g/mol. The predicted octanol–water partition coefficient (Wildman–Crippen LogP) is 2.93. The van der Waals surface area contributed by atoms with E-state index in [4.69, 9.17) is 9.47 Å². The third-order valence-corrected chi connectivity index (χ3v) is 4.82. The molecule has 4 heteroatoms. The molecule has 0 spiro atoms. The number of rotatable bonds is 6. The smallest absolute Gasteiger partial charge is 0.137 e. The van der Waals surface area contributed by atoms with Crippen molar-refractivity contribution in [3.8, 4) is 11.5 Å². The van der Waals surface area contributed by atoms with Crippen LogP contribution in [0.25, 0.3) is 0 Å². The van der Waals surface area contributed by atoms with Crippen LogP contribution >= 0.6 is 0 Å². The Morgan fingerprint density at radius 2 is 2.08 bits per heavy atom. The quantitative estimate of drug-likeness (QED) is 0.887. The fourth-order valence-corrected chi connectivity index (χ4v) is 3.22. The number of aryl methyl sites for hydroxylation is 3. The van der Waals surface area contributed by atoms with Crippen molar-refractivity contribution in [2.24, 2.45) is 0 Å². The molecule has 126 valence electrons. The molecular weight excluding hydrogens is 300 g/mol. The molecule has 0 aliphatic carbocycles. The zero-order valence-electron chi connectivity index (χ0n) is 14.0. The van der Waals surface area contributed by atoms with Gasteiger partial charge in [0.1, 0.15) is 18.1 Å². The summed E-state index contributed by atoms with van der Waals surface area (Å²) in [5, 5.41) is 3.35. The molecule has 24 heavy (non-hydrogen) atoms. The maximum atomic E-state index is 5.84. The van der Waals surface area contributed by atoms with Gasteiger partial charge in [0.15, 0.2) is 0 Å². The summed E-state index contributed by atoms with van der Waals surface area (Å²) >= 11 is 0. The third-order valence-electron chi connectivity index (χ3n) is 4.82. The molecule has 2 aromatic rings. The highest BCUT2D eigenvalue weighted by Crippen LogP contribution is 2.26. The summed E-state index contributed by atoms with van der Waals surface area (Å²) in [6.07, 6.45) is 9.19. The molecular formula is C20H24N2O2. The lowest BCUT2D eigenvalue weighted by atomic mass is 9.99. The van der Waals surface area contributed by atoms with Crippen molar-refractivity contribution in [3.05, 3.63) is 53.3 Å². The Labute approximate surface area is 143 Å². The normalized spacial score (nSPS) is 19.1. The van der Waals surface area contributed by atoms with Crippen molar-refractivity contribution in [3.63, 3.8) is 0 Å². The van der Waals surface area contributed by atoms with Crippen LogP contribution in [-0.2, 0) is 19.3 Å². The van der Waals surface area contributed by atoms with Gasteiger partial charge in [-0.3, -0.25) is 4.98 Å². The fourth-order valence-electron chi connectivity index (χ4n) is 3.22. The molecule has 1 fully saturated rings. The lowest BCUT2D eigenvalue weighted by Gasteiger charge is -2.27. The number of pyridine rings is 1. The van der Waals surface area contributed by atoms with Crippen LogP contribution in [0.1, 0.15) is 29.5 Å². The number of nitrogens with zero attached hydrogens (tertiary/aromatic N) is 1.